The van der Waals surface area contributed by atoms with E-state index in [-0.39, 0.29) is 22.3 Å². The molecule has 0 aliphatic carbocycles. The zero-order valence-corrected chi connectivity index (χ0v) is 11.2. The Labute approximate surface area is 116 Å². The van der Waals surface area contributed by atoms with Crippen molar-refractivity contribution in [3.8, 4) is 17.7 Å². The minimum Gasteiger partial charge on any atom is -0.438 e. The number of rotatable bonds is 2. The van der Waals surface area contributed by atoms with Gasteiger partial charge in [-0.3, -0.25) is 0 Å². The normalized spacial score (nSPS) is 9.89. The SMILES string of the molecule is N#Cc1cccc(Oc2cc(F)c(Cl)cc2Br)n1. The summed E-state index contributed by atoms with van der Waals surface area (Å²) in [5.74, 6) is -0.151. The lowest BCUT2D eigenvalue weighted by atomic mass is 10.3. The van der Waals surface area contributed by atoms with E-state index in [1.165, 1.54) is 6.07 Å². The van der Waals surface area contributed by atoms with Crippen LogP contribution in [-0.4, -0.2) is 4.98 Å². The minimum absolute atomic E-state index is 0.00652. The number of hydrogen-bond acceptors (Lipinski definition) is 3. The second kappa shape index (κ2) is 5.34. The molecule has 1 heterocycles. The predicted octanol–water partition coefficient (Wildman–Crippen LogP) is 4.30. The van der Waals surface area contributed by atoms with Crippen LogP contribution < -0.4 is 4.74 Å². The first-order valence-corrected chi connectivity index (χ1v) is 5.97. The van der Waals surface area contributed by atoms with Gasteiger partial charge in [0.1, 0.15) is 23.3 Å². The van der Waals surface area contributed by atoms with Crippen LogP contribution in [0.3, 0.4) is 0 Å². The Bertz CT molecular complexity index is 642. The second-order valence-electron chi connectivity index (χ2n) is 3.27. The van der Waals surface area contributed by atoms with E-state index >= 15 is 0 Å². The van der Waals surface area contributed by atoms with Crippen molar-refractivity contribution in [3.05, 3.63) is 51.3 Å². The lowest BCUT2D eigenvalue weighted by Crippen LogP contribution is -1.92. The molecule has 0 saturated carbocycles. The van der Waals surface area contributed by atoms with Gasteiger partial charge in [-0.25, -0.2) is 9.37 Å². The largest absolute Gasteiger partial charge is 0.438 e. The van der Waals surface area contributed by atoms with Crippen LogP contribution in [0.5, 0.6) is 11.6 Å². The van der Waals surface area contributed by atoms with E-state index in [1.54, 1.807) is 18.2 Å². The van der Waals surface area contributed by atoms with Crippen LogP contribution >= 0.6 is 27.5 Å². The summed E-state index contributed by atoms with van der Waals surface area (Å²) in [6.07, 6.45) is 0. The molecule has 0 fully saturated rings. The van der Waals surface area contributed by atoms with Crippen molar-refractivity contribution >= 4 is 27.5 Å². The standard InChI is InChI=1S/C12H5BrClFN2O/c13-8-4-9(14)10(15)5-11(8)18-12-3-1-2-7(6-16)17-12/h1-5H. The van der Waals surface area contributed by atoms with E-state index in [1.807, 2.05) is 6.07 Å². The average molecular weight is 328 g/mol. The van der Waals surface area contributed by atoms with Crippen molar-refractivity contribution in [2.24, 2.45) is 0 Å². The highest BCUT2D eigenvalue weighted by atomic mass is 79.9. The number of nitrogens with zero attached hydrogens (tertiary/aromatic N) is 2. The lowest BCUT2D eigenvalue weighted by molar-refractivity contribution is 0.455. The van der Waals surface area contributed by atoms with Crippen LogP contribution in [0.4, 0.5) is 4.39 Å². The Kier molecular flexibility index (Phi) is 3.80. The van der Waals surface area contributed by atoms with Crippen LogP contribution in [-0.2, 0) is 0 Å². The van der Waals surface area contributed by atoms with Gasteiger partial charge in [0.05, 0.1) is 9.50 Å². The number of nitriles is 1. The molecule has 0 unspecified atom stereocenters. The van der Waals surface area contributed by atoms with E-state index < -0.39 is 5.82 Å². The summed E-state index contributed by atoms with van der Waals surface area (Å²) in [4.78, 5) is 3.92. The summed E-state index contributed by atoms with van der Waals surface area (Å²) in [5.41, 5.74) is 0.220. The van der Waals surface area contributed by atoms with Crippen molar-refractivity contribution in [2.75, 3.05) is 0 Å². The van der Waals surface area contributed by atoms with E-state index in [0.717, 1.165) is 6.07 Å². The molecular weight excluding hydrogens is 322 g/mol. The van der Waals surface area contributed by atoms with Crippen LogP contribution in [0.1, 0.15) is 5.69 Å². The van der Waals surface area contributed by atoms with Crippen molar-refractivity contribution in [1.29, 1.82) is 5.26 Å². The Balaban J connectivity index is 2.34. The molecule has 18 heavy (non-hydrogen) atoms. The first kappa shape index (κ1) is 12.8. The monoisotopic (exact) mass is 326 g/mol. The molecular formula is C12H5BrClFN2O. The quantitative estimate of drug-likeness (QED) is 0.773. The molecule has 90 valence electrons. The number of pyridine rings is 1. The first-order valence-electron chi connectivity index (χ1n) is 4.79. The van der Waals surface area contributed by atoms with Gasteiger partial charge in [0.2, 0.25) is 5.88 Å². The predicted molar refractivity (Wildman–Crippen MR) is 68.1 cm³/mol. The third kappa shape index (κ3) is 2.78. The Hall–Kier alpha value is -1.64. The molecule has 0 atom stereocenters. The van der Waals surface area contributed by atoms with E-state index in [4.69, 9.17) is 21.6 Å². The molecule has 0 saturated heterocycles. The number of halogens is 3. The fourth-order valence-electron chi connectivity index (χ4n) is 1.23. The third-order valence-corrected chi connectivity index (χ3v) is 2.94. The average Bonchev–Trinajstić information content (AvgIpc) is 2.36. The molecule has 0 spiro atoms. The van der Waals surface area contributed by atoms with Gasteiger partial charge in [-0.15, -0.1) is 0 Å². The molecule has 0 aliphatic heterocycles. The zero-order valence-electron chi connectivity index (χ0n) is 8.82. The minimum atomic E-state index is -0.591. The summed E-state index contributed by atoms with van der Waals surface area (Å²) in [5, 5.41) is 8.70. The van der Waals surface area contributed by atoms with Crippen LogP contribution in [0, 0.1) is 17.1 Å². The molecule has 0 bridgehead atoms. The highest BCUT2D eigenvalue weighted by Gasteiger charge is 2.09. The van der Waals surface area contributed by atoms with Gasteiger partial charge in [-0.2, -0.15) is 5.26 Å². The van der Waals surface area contributed by atoms with Gasteiger partial charge in [0.25, 0.3) is 0 Å². The summed E-state index contributed by atoms with van der Waals surface area (Å²) < 4.78 is 19.2. The van der Waals surface area contributed by atoms with Gasteiger partial charge in [0, 0.05) is 12.1 Å². The zero-order chi connectivity index (χ0) is 13.1. The summed E-state index contributed by atoms with van der Waals surface area (Å²) in [6, 6.07) is 9.17. The van der Waals surface area contributed by atoms with Crippen molar-refractivity contribution in [3.63, 3.8) is 0 Å². The summed E-state index contributed by atoms with van der Waals surface area (Å²) in [6.45, 7) is 0. The van der Waals surface area contributed by atoms with Crippen LogP contribution in [0.2, 0.25) is 5.02 Å². The van der Waals surface area contributed by atoms with Gasteiger partial charge in [0.15, 0.2) is 0 Å². The molecule has 0 radical (unpaired) electrons. The van der Waals surface area contributed by atoms with Crippen molar-refractivity contribution in [1.82, 2.24) is 4.98 Å². The second-order valence-corrected chi connectivity index (χ2v) is 4.53. The summed E-state index contributed by atoms with van der Waals surface area (Å²) in [7, 11) is 0. The Morgan fingerprint density at radius 1 is 1.39 bits per heavy atom. The molecule has 3 nitrogen and oxygen atoms in total. The van der Waals surface area contributed by atoms with Crippen molar-refractivity contribution in [2.45, 2.75) is 0 Å². The highest BCUT2D eigenvalue weighted by Crippen LogP contribution is 2.33. The van der Waals surface area contributed by atoms with Gasteiger partial charge in [-0.05, 0) is 28.1 Å². The topological polar surface area (TPSA) is 45.9 Å². The molecule has 0 N–H and O–H groups in total. The van der Waals surface area contributed by atoms with Crippen LogP contribution in [0.15, 0.2) is 34.8 Å². The number of ether oxygens (including phenoxy) is 1. The molecule has 0 aliphatic rings. The smallest absolute Gasteiger partial charge is 0.220 e. The molecule has 2 rings (SSSR count). The fourth-order valence-corrected chi connectivity index (χ4v) is 1.95. The number of aromatic nitrogens is 1. The summed E-state index contributed by atoms with van der Waals surface area (Å²) >= 11 is 8.82. The van der Waals surface area contributed by atoms with E-state index in [0.29, 0.717) is 4.47 Å². The highest BCUT2D eigenvalue weighted by molar-refractivity contribution is 9.10. The maximum absolute atomic E-state index is 13.3. The number of benzene rings is 1. The van der Waals surface area contributed by atoms with Gasteiger partial charge in [-0.1, -0.05) is 17.7 Å². The van der Waals surface area contributed by atoms with Crippen molar-refractivity contribution < 1.29 is 9.13 Å². The molecule has 6 heteroatoms. The van der Waals surface area contributed by atoms with Crippen LogP contribution in [0.25, 0.3) is 0 Å². The molecule has 2 aromatic rings. The Morgan fingerprint density at radius 3 is 2.89 bits per heavy atom. The lowest BCUT2D eigenvalue weighted by Gasteiger charge is -2.07. The molecule has 1 aromatic carbocycles. The third-order valence-electron chi connectivity index (χ3n) is 2.03. The number of hydrogen-bond donors (Lipinski definition) is 0. The maximum atomic E-state index is 13.3. The van der Waals surface area contributed by atoms with E-state index in [9.17, 15) is 4.39 Å². The Morgan fingerprint density at radius 2 is 2.17 bits per heavy atom. The first-order chi connectivity index (χ1) is 8.60. The molecule has 1 aromatic heterocycles. The van der Waals surface area contributed by atoms with Gasteiger partial charge < -0.3 is 4.74 Å². The molecule has 0 amide bonds. The van der Waals surface area contributed by atoms with Gasteiger partial charge >= 0.3 is 0 Å². The van der Waals surface area contributed by atoms with E-state index in [2.05, 4.69) is 20.9 Å². The maximum Gasteiger partial charge on any atom is 0.220 e. The fraction of sp³-hybridized carbons (Fsp3) is 0.